The highest BCUT2D eigenvalue weighted by Crippen LogP contribution is 2.32. The van der Waals surface area contributed by atoms with Crippen LogP contribution in [0.15, 0.2) is 54.6 Å². The number of ether oxygens (including phenoxy) is 1. The van der Waals surface area contributed by atoms with Gasteiger partial charge in [0.25, 0.3) is 0 Å². The Morgan fingerprint density at radius 1 is 1.03 bits per heavy atom. The Bertz CT molecular complexity index is 1250. The SMILES string of the molecule is CCCCN(CC)c1cc2ccccc2cc1CN(Cc1cc(C#N)cc(C(F)(F)F)c1)C(=O)OC. The van der Waals surface area contributed by atoms with Crippen LogP contribution in [0, 0.1) is 11.3 Å². The normalized spacial score (nSPS) is 11.2. The molecular weight excluding hydrogens is 467 g/mol. The van der Waals surface area contributed by atoms with Crippen molar-refractivity contribution in [1.29, 1.82) is 5.26 Å². The summed E-state index contributed by atoms with van der Waals surface area (Å²) in [7, 11) is 1.24. The molecule has 0 fully saturated rings. The molecule has 0 aliphatic carbocycles. The van der Waals surface area contributed by atoms with Gasteiger partial charge in [-0.2, -0.15) is 18.4 Å². The molecule has 0 aromatic heterocycles. The van der Waals surface area contributed by atoms with Gasteiger partial charge in [-0.1, -0.05) is 37.6 Å². The zero-order valence-electron chi connectivity index (χ0n) is 20.7. The Balaban J connectivity index is 2.05. The van der Waals surface area contributed by atoms with Crippen LogP contribution in [0.5, 0.6) is 0 Å². The fraction of sp³-hybridized carbons (Fsp3) is 0.357. The van der Waals surface area contributed by atoms with E-state index in [4.69, 9.17) is 4.74 Å². The predicted octanol–water partition coefficient (Wildman–Crippen LogP) is 7.13. The van der Waals surface area contributed by atoms with Crippen LogP contribution in [0.3, 0.4) is 0 Å². The molecule has 0 spiro atoms. The van der Waals surface area contributed by atoms with Crippen molar-refractivity contribution in [1.82, 2.24) is 4.90 Å². The molecule has 0 unspecified atom stereocenters. The van der Waals surface area contributed by atoms with Crippen LogP contribution >= 0.6 is 0 Å². The van der Waals surface area contributed by atoms with Crippen LogP contribution in [0.25, 0.3) is 10.8 Å². The Morgan fingerprint density at radius 2 is 1.72 bits per heavy atom. The average molecular weight is 498 g/mol. The van der Waals surface area contributed by atoms with E-state index in [0.717, 1.165) is 60.1 Å². The van der Waals surface area contributed by atoms with E-state index in [2.05, 4.69) is 24.8 Å². The average Bonchev–Trinajstić information content (AvgIpc) is 2.87. The van der Waals surface area contributed by atoms with Crippen molar-refractivity contribution in [2.24, 2.45) is 0 Å². The number of hydrogen-bond donors (Lipinski definition) is 0. The van der Waals surface area contributed by atoms with E-state index in [1.165, 1.54) is 18.1 Å². The van der Waals surface area contributed by atoms with Gasteiger partial charge in [0.2, 0.25) is 0 Å². The van der Waals surface area contributed by atoms with Crippen LogP contribution in [0.4, 0.5) is 23.7 Å². The molecule has 5 nitrogen and oxygen atoms in total. The Kier molecular flexibility index (Phi) is 8.81. The fourth-order valence-corrected chi connectivity index (χ4v) is 4.25. The summed E-state index contributed by atoms with van der Waals surface area (Å²) in [5.41, 5.74) is 0.995. The lowest BCUT2D eigenvalue weighted by Gasteiger charge is -2.29. The summed E-state index contributed by atoms with van der Waals surface area (Å²) in [6.45, 7) is 5.79. The number of carbonyl (C=O) groups is 1. The minimum atomic E-state index is -4.61. The Labute approximate surface area is 209 Å². The van der Waals surface area contributed by atoms with Crippen LogP contribution in [0.2, 0.25) is 0 Å². The van der Waals surface area contributed by atoms with Crippen molar-refractivity contribution in [3.63, 3.8) is 0 Å². The first kappa shape index (κ1) is 26.9. The highest BCUT2D eigenvalue weighted by Gasteiger charge is 2.31. The number of unbranched alkanes of at least 4 members (excludes halogenated alkanes) is 1. The number of carbonyl (C=O) groups excluding carboxylic acids is 1. The molecule has 8 heteroatoms. The number of rotatable bonds is 9. The maximum absolute atomic E-state index is 13.4. The van der Waals surface area contributed by atoms with Crippen molar-refractivity contribution in [2.45, 2.75) is 46.0 Å². The number of nitriles is 1. The molecule has 0 aliphatic rings. The highest BCUT2D eigenvalue weighted by molar-refractivity contribution is 5.87. The maximum atomic E-state index is 13.4. The van der Waals surface area contributed by atoms with Gasteiger partial charge in [0.05, 0.1) is 30.9 Å². The first-order chi connectivity index (χ1) is 17.2. The molecule has 0 saturated heterocycles. The second-order valence-corrected chi connectivity index (χ2v) is 8.62. The molecule has 3 aromatic carbocycles. The Hall–Kier alpha value is -3.73. The van der Waals surface area contributed by atoms with Gasteiger partial charge in [0.15, 0.2) is 0 Å². The molecular formula is C28H30F3N3O2. The number of methoxy groups -OCH3 is 1. The summed E-state index contributed by atoms with van der Waals surface area (Å²) in [6, 6.07) is 16.9. The molecule has 0 saturated carbocycles. The fourth-order valence-electron chi connectivity index (χ4n) is 4.25. The number of fused-ring (bicyclic) bond motifs is 1. The number of anilines is 1. The number of nitrogens with zero attached hydrogens (tertiary/aromatic N) is 3. The van der Waals surface area contributed by atoms with E-state index >= 15 is 0 Å². The summed E-state index contributed by atoms with van der Waals surface area (Å²) in [4.78, 5) is 16.4. The van der Waals surface area contributed by atoms with E-state index in [9.17, 15) is 23.2 Å². The lowest BCUT2D eigenvalue weighted by Crippen LogP contribution is -2.32. The quantitative estimate of drug-likeness (QED) is 0.316. The highest BCUT2D eigenvalue weighted by atomic mass is 19.4. The summed E-state index contributed by atoms with van der Waals surface area (Å²) in [5.74, 6) is 0. The monoisotopic (exact) mass is 497 g/mol. The van der Waals surface area contributed by atoms with Gasteiger partial charge in [-0.3, -0.25) is 4.90 Å². The van der Waals surface area contributed by atoms with Gasteiger partial charge in [0, 0.05) is 25.3 Å². The molecule has 0 atom stereocenters. The Morgan fingerprint density at radius 3 is 2.31 bits per heavy atom. The zero-order chi connectivity index (χ0) is 26.3. The van der Waals surface area contributed by atoms with Crippen molar-refractivity contribution in [3.8, 4) is 6.07 Å². The largest absolute Gasteiger partial charge is 0.453 e. The van der Waals surface area contributed by atoms with Gasteiger partial charge in [-0.25, -0.2) is 4.79 Å². The van der Waals surface area contributed by atoms with Gasteiger partial charge >= 0.3 is 12.3 Å². The van der Waals surface area contributed by atoms with Gasteiger partial charge in [-0.05, 0) is 65.6 Å². The molecule has 36 heavy (non-hydrogen) atoms. The van der Waals surface area contributed by atoms with E-state index in [1.807, 2.05) is 30.3 Å². The summed E-state index contributed by atoms with van der Waals surface area (Å²) in [6.07, 6.45) is -3.24. The molecule has 1 amide bonds. The topological polar surface area (TPSA) is 56.6 Å². The van der Waals surface area contributed by atoms with Crippen LogP contribution < -0.4 is 4.90 Å². The maximum Gasteiger partial charge on any atom is 0.416 e. The van der Waals surface area contributed by atoms with Crippen molar-refractivity contribution in [2.75, 3.05) is 25.1 Å². The first-order valence-corrected chi connectivity index (χ1v) is 11.9. The molecule has 0 radical (unpaired) electrons. The van der Waals surface area contributed by atoms with Crippen molar-refractivity contribution >= 4 is 22.6 Å². The summed E-state index contributed by atoms with van der Waals surface area (Å²) in [5, 5.41) is 11.3. The van der Waals surface area contributed by atoms with Crippen LogP contribution in [0.1, 0.15) is 48.9 Å². The molecule has 3 rings (SSSR count). The smallest absolute Gasteiger partial charge is 0.416 e. The third-order valence-corrected chi connectivity index (χ3v) is 6.07. The van der Waals surface area contributed by atoms with E-state index in [0.29, 0.717) is 0 Å². The van der Waals surface area contributed by atoms with E-state index < -0.39 is 17.8 Å². The third kappa shape index (κ3) is 6.48. The van der Waals surface area contributed by atoms with Crippen molar-refractivity contribution < 1.29 is 22.7 Å². The number of benzene rings is 3. The van der Waals surface area contributed by atoms with Gasteiger partial charge < -0.3 is 9.64 Å². The lowest BCUT2D eigenvalue weighted by atomic mass is 10.0. The van der Waals surface area contributed by atoms with Gasteiger partial charge in [0.1, 0.15) is 0 Å². The molecule has 190 valence electrons. The molecule has 0 heterocycles. The minimum absolute atomic E-state index is 0.118. The standard InChI is InChI=1S/C28H30F3N3O2/c1-4-6-11-33(5-2)26-16-23-10-8-7-9-22(23)15-24(26)19-34(27(35)36-3)18-21-12-20(17-32)13-25(14-21)28(29,30)31/h7-10,12-16H,4-6,11,18-19H2,1-3H3. The summed E-state index contributed by atoms with van der Waals surface area (Å²) < 4.78 is 45.2. The van der Waals surface area contributed by atoms with Crippen molar-refractivity contribution in [3.05, 3.63) is 76.9 Å². The van der Waals surface area contributed by atoms with Gasteiger partial charge in [-0.15, -0.1) is 0 Å². The number of halogens is 3. The minimum Gasteiger partial charge on any atom is -0.453 e. The molecule has 0 aliphatic heterocycles. The molecule has 3 aromatic rings. The molecule has 0 N–H and O–H groups in total. The van der Waals surface area contributed by atoms with E-state index in [1.54, 1.807) is 6.07 Å². The third-order valence-electron chi connectivity index (χ3n) is 6.07. The molecule has 0 bridgehead atoms. The lowest BCUT2D eigenvalue weighted by molar-refractivity contribution is -0.137. The number of amides is 1. The second kappa shape index (κ2) is 11.8. The second-order valence-electron chi connectivity index (χ2n) is 8.62. The van der Waals surface area contributed by atoms with Crippen LogP contribution in [-0.4, -0.2) is 31.2 Å². The number of hydrogen-bond acceptors (Lipinski definition) is 4. The van der Waals surface area contributed by atoms with E-state index in [-0.39, 0.29) is 24.2 Å². The number of alkyl halides is 3. The first-order valence-electron chi connectivity index (χ1n) is 11.9. The zero-order valence-corrected chi connectivity index (χ0v) is 20.7. The predicted molar refractivity (Wildman–Crippen MR) is 135 cm³/mol. The van der Waals surface area contributed by atoms with Crippen LogP contribution in [-0.2, 0) is 24.0 Å². The summed E-state index contributed by atoms with van der Waals surface area (Å²) >= 11 is 0.